The Bertz CT molecular complexity index is 541. The van der Waals surface area contributed by atoms with Crippen LogP contribution in [-0.2, 0) is 9.53 Å². The maximum atomic E-state index is 12.1. The predicted molar refractivity (Wildman–Crippen MR) is 128 cm³/mol. The molecule has 1 fully saturated rings. The Balaban J connectivity index is 0.00000784. The number of nitrogens with zero attached hydrogens (tertiary/aromatic N) is 2. The molecular formula is C20H40IN5O3. The summed E-state index contributed by atoms with van der Waals surface area (Å²) in [5, 5.41) is 9.03. The van der Waals surface area contributed by atoms with E-state index < -0.39 is 11.7 Å². The number of hydrogen-bond acceptors (Lipinski definition) is 4. The first-order valence-electron chi connectivity index (χ1n) is 10.2. The lowest BCUT2D eigenvalue weighted by Crippen LogP contribution is -2.52. The molecule has 0 bridgehead atoms. The van der Waals surface area contributed by atoms with Crippen LogP contribution in [0.15, 0.2) is 4.99 Å². The first-order chi connectivity index (χ1) is 13.1. The van der Waals surface area contributed by atoms with Crippen LogP contribution in [-0.4, -0.2) is 68.2 Å². The molecule has 0 aromatic heterocycles. The molecule has 0 radical (unpaired) electrons. The average molecular weight is 525 g/mol. The standard InChI is InChI=1S/C20H39N5O3.HI/c1-14(2)16(24-19(27)28-20(3,4)5)13-23-18(22-7)25-10-8-15(9-11-25)12-17(26)21-6;/h14-16H,8-13H2,1-7H3,(H,21,26)(H,22,23)(H,24,27);1H. The Kier molecular flexibility index (Phi) is 12.6. The number of nitrogens with one attached hydrogen (secondary N) is 3. The van der Waals surface area contributed by atoms with Crippen LogP contribution in [0.2, 0.25) is 0 Å². The van der Waals surface area contributed by atoms with Gasteiger partial charge in [0.2, 0.25) is 5.91 Å². The topological polar surface area (TPSA) is 95.1 Å². The van der Waals surface area contributed by atoms with Crippen LogP contribution in [0, 0.1) is 11.8 Å². The van der Waals surface area contributed by atoms with Crippen molar-refractivity contribution in [1.29, 1.82) is 0 Å². The molecule has 1 atom stereocenters. The van der Waals surface area contributed by atoms with Crippen LogP contribution in [0.4, 0.5) is 4.79 Å². The average Bonchev–Trinajstić information content (AvgIpc) is 2.60. The summed E-state index contributed by atoms with van der Waals surface area (Å²) >= 11 is 0. The summed E-state index contributed by atoms with van der Waals surface area (Å²) in [4.78, 5) is 30.3. The molecule has 3 N–H and O–H groups in total. The van der Waals surface area contributed by atoms with Gasteiger partial charge >= 0.3 is 6.09 Å². The van der Waals surface area contributed by atoms with Crippen molar-refractivity contribution < 1.29 is 14.3 Å². The maximum absolute atomic E-state index is 12.1. The van der Waals surface area contributed by atoms with E-state index in [1.54, 1.807) is 14.1 Å². The third kappa shape index (κ3) is 10.9. The van der Waals surface area contributed by atoms with Crippen molar-refractivity contribution in [3.8, 4) is 0 Å². The number of alkyl carbamates (subject to hydrolysis) is 1. The normalized spacial score (nSPS) is 16.7. The van der Waals surface area contributed by atoms with Gasteiger partial charge in [0.15, 0.2) is 5.96 Å². The minimum Gasteiger partial charge on any atom is -0.444 e. The minimum atomic E-state index is -0.520. The van der Waals surface area contributed by atoms with Gasteiger partial charge in [-0.05, 0) is 45.4 Å². The SMILES string of the molecule is CN=C(NCC(NC(=O)OC(C)(C)C)C(C)C)N1CCC(CC(=O)NC)CC1.I. The molecule has 1 aliphatic rings. The van der Waals surface area contributed by atoms with E-state index in [1.165, 1.54) is 0 Å². The van der Waals surface area contributed by atoms with Crippen LogP contribution >= 0.6 is 24.0 Å². The maximum Gasteiger partial charge on any atom is 0.407 e. The lowest BCUT2D eigenvalue weighted by molar-refractivity contribution is -0.121. The Hall–Kier alpha value is -1.26. The van der Waals surface area contributed by atoms with Crippen molar-refractivity contribution in [1.82, 2.24) is 20.9 Å². The molecule has 1 rings (SSSR count). The molecule has 0 aromatic rings. The number of piperidine rings is 1. The van der Waals surface area contributed by atoms with E-state index >= 15 is 0 Å². The van der Waals surface area contributed by atoms with E-state index in [2.05, 4.69) is 39.7 Å². The number of guanidine groups is 1. The van der Waals surface area contributed by atoms with Crippen molar-refractivity contribution >= 4 is 41.9 Å². The minimum absolute atomic E-state index is 0. The number of amides is 2. The number of carbonyl (C=O) groups is 2. The second-order valence-electron chi connectivity index (χ2n) is 8.73. The zero-order valence-electron chi connectivity index (χ0n) is 19.0. The second-order valence-corrected chi connectivity index (χ2v) is 8.73. The summed E-state index contributed by atoms with van der Waals surface area (Å²) < 4.78 is 5.37. The van der Waals surface area contributed by atoms with Crippen LogP contribution in [0.1, 0.15) is 53.9 Å². The van der Waals surface area contributed by atoms with Gasteiger partial charge in [-0.25, -0.2) is 4.79 Å². The molecule has 0 spiro atoms. The number of hydrogen-bond donors (Lipinski definition) is 3. The Morgan fingerprint density at radius 2 is 1.79 bits per heavy atom. The molecule has 1 heterocycles. The van der Waals surface area contributed by atoms with Gasteiger partial charge in [-0.15, -0.1) is 24.0 Å². The summed E-state index contributed by atoms with van der Waals surface area (Å²) in [6.07, 6.45) is 2.12. The van der Waals surface area contributed by atoms with Crippen LogP contribution < -0.4 is 16.0 Å². The molecule has 9 heteroatoms. The van der Waals surface area contributed by atoms with Crippen molar-refractivity contribution in [3.63, 3.8) is 0 Å². The fraction of sp³-hybridized carbons (Fsp3) is 0.850. The largest absolute Gasteiger partial charge is 0.444 e. The monoisotopic (exact) mass is 525 g/mol. The van der Waals surface area contributed by atoms with E-state index in [-0.39, 0.29) is 41.8 Å². The Morgan fingerprint density at radius 1 is 1.21 bits per heavy atom. The summed E-state index contributed by atoms with van der Waals surface area (Å²) in [5.74, 6) is 1.60. The van der Waals surface area contributed by atoms with Gasteiger partial charge in [0.25, 0.3) is 0 Å². The lowest BCUT2D eigenvalue weighted by Gasteiger charge is -2.35. The molecule has 8 nitrogen and oxygen atoms in total. The highest BCUT2D eigenvalue weighted by molar-refractivity contribution is 14.0. The van der Waals surface area contributed by atoms with Gasteiger partial charge in [-0.1, -0.05) is 13.8 Å². The lowest BCUT2D eigenvalue weighted by atomic mass is 9.93. The zero-order chi connectivity index (χ0) is 21.3. The number of rotatable bonds is 6. The molecule has 0 saturated carbocycles. The summed E-state index contributed by atoms with van der Waals surface area (Å²) in [6.45, 7) is 12.0. The van der Waals surface area contributed by atoms with Crippen LogP contribution in [0.25, 0.3) is 0 Å². The molecule has 0 aliphatic carbocycles. The van der Waals surface area contributed by atoms with E-state index in [0.29, 0.717) is 18.9 Å². The number of halogens is 1. The summed E-state index contributed by atoms with van der Waals surface area (Å²) in [5.41, 5.74) is -0.520. The molecule has 1 unspecified atom stereocenters. The Morgan fingerprint density at radius 3 is 2.24 bits per heavy atom. The fourth-order valence-corrected chi connectivity index (χ4v) is 3.16. The van der Waals surface area contributed by atoms with E-state index in [0.717, 1.165) is 31.9 Å². The van der Waals surface area contributed by atoms with Gasteiger partial charge in [0.1, 0.15) is 5.60 Å². The van der Waals surface area contributed by atoms with E-state index in [9.17, 15) is 9.59 Å². The number of likely N-dealkylation sites (tertiary alicyclic amines) is 1. The molecule has 1 aliphatic heterocycles. The zero-order valence-corrected chi connectivity index (χ0v) is 21.3. The molecule has 29 heavy (non-hydrogen) atoms. The van der Waals surface area contributed by atoms with Crippen LogP contribution in [0.3, 0.4) is 0 Å². The Labute approximate surface area is 193 Å². The molecular weight excluding hydrogens is 485 g/mol. The smallest absolute Gasteiger partial charge is 0.407 e. The number of carbonyl (C=O) groups excluding carboxylic acids is 2. The fourth-order valence-electron chi connectivity index (χ4n) is 3.16. The highest BCUT2D eigenvalue weighted by atomic mass is 127. The molecule has 0 aromatic carbocycles. The summed E-state index contributed by atoms with van der Waals surface area (Å²) in [6, 6.07) is -0.0719. The quantitative estimate of drug-likeness (QED) is 0.282. The molecule has 1 saturated heterocycles. The predicted octanol–water partition coefficient (Wildman–Crippen LogP) is 2.58. The summed E-state index contributed by atoms with van der Waals surface area (Å²) in [7, 11) is 3.45. The van der Waals surface area contributed by atoms with E-state index in [1.807, 2.05) is 20.8 Å². The highest BCUT2D eigenvalue weighted by Gasteiger charge is 2.25. The molecule has 170 valence electrons. The first-order valence-corrected chi connectivity index (χ1v) is 10.2. The third-order valence-corrected chi connectivity index (χ3v) is 4.87. The van der Waals surface area contributed by atoms with Crippen LogP contribution in [0.5, 0.6) is 0 Å². The molecule has 2 amide bonds. The number of aliphatic imine (C=N–C) groups is 1. The van der Waals surface area contributed by atoms with Crippen molar-refractivity contribution in [2.75, 3.05) is 33.7 Å². The highest BCUT2D eigenvalue weighted by Crippen LogP contribution is 2.20. The third-order valence-electron chi connectivity index (χ3n) is 4.87. The number of ether oxygens (including phenoxy) is 1. The van der Waals surface area contributed by atoms with Gasteiger partial charge in [0.05, 0.1) is 6.04 Å². The van der Waals surface area contributed by atoms with Crippen molar-refractivity contribution in [2.45, 2.75) is 65.5 Å². The van der Waals surface area contributed by atoms with Gasteiger partial charge in [-0.3, -0.25) is 9.79 Å². The van der Waals surface area contributed by atoms with Gasteiger partial charge < -0.3 is 25.6 Å². The van der Waals surface area contributed by atoms with E-state index in [4.69, 9.17) is 4.74 Å². The van der Waals surface area contributed by atoms with Gasteiger partial charge in [-0.2, -0.15) is 0 Å². The van der Waals surface area contributed by atoms with Crippen molar-refractivity contribution in [3.05, 3.63) is 0 Å². The first kappa shape index (κ1) is 27.7. The van der Waals surface area contributed by atoms with Gasteiger partial charge in [0, 0.05) is 40.2 Å². The second kappa shape index (κ2) is 13.1. The van der Waals surface area contributed by atoms with Crippen molar-refractivity contribution in [2.24, 2.45) is 16.8 Å².